The summed E-state index contributed by atoms with van der Waals surface area (Å²) in [6, 6.07) is 6.28. The molecule has 1 aromatic rings. The van der Waals surface area contributed by atoms with Gasteiger partial charge in [-0.05, 0) is 54.9 Å². The van der Waals surface area contributed by atoms with Crippen LogP contribution in [0.3, 0.4) is 0 Å². The van der Waals surface area contributed by atoms with Gasteiger partial charge in [-0.3, -0.25) is 4.90 Å². The molecule has 0 radical (unpaired) electrons. The predicted molar refractivity (Wildman–Crippen MR) is 69.8 cm³/mol. The average molecular weight is 284 g/mol. The zero-order chi connectivity index (χ0) is 11.4. The summed E-state index contributed by atoms with van der Waals surface area (Å²) in [6.07, 6.45) is 2.66. The molecule has 0 N–H and O–H groups in total. The Morgan fingerprint density at radius 3 is 2.75 bits per heavy atom. The van der Waals surface area contributed by atoms with Gasteiger partial charge in [0.15, 0.2) is 0 Å². The third kappa shape index (κ3) is 2.77. The Kier molecular flexibility index (Phi) is 4.24. The molecule has 3 heteroatoms. The number of rotatable bonds is 4. The standard InChI is InChI=1S/C13H18BrNO/c1-2-16-13-11(6-5-7-12(13)14)10-15-8-3-4-9-15/h5-7H,2-4,8-10H2,1H3. The van der Waals surface area contributed by atoms with Crippen LogP contribution >= 0.6 is 15.9 Å². The van der Waals surface area contributed by atoms with Crippen LogP contribution in [0.4, 0.5) is 0 Å². The lowest BCUT2D eigenvalue weighted by Gasteiger charge is -2.18. The first-order valence-corrected chi connectivity index (χ1v) is 6.73. The van der Waals surface area contributed by atoms with Crippen LogP contribution in [0, 0.1) is 0 Å². The molecular weight excluding hydrogens is 266 g/mol. The minimum absolute atomic E-state index is 0.718. The normalized spacial score (nSPS) is 16.6. The molecule has 2 nitrogen and oxygen atoms in total. The number of para-hydroxylation sites is 1. The molecule has 0 amide bonds. The van der Waals surface area contributed by atoms with Crippen molar-refractivity contribution in [2.45, 2.75) is 26.3 Å². The minimum atomic E-state index is 0.718. The number of hydrogen-bond donors (Lipinski definition) is 0. The molecule has 0 unspecified atom stereocenters. The molecule has 0 bridgehead atoms. The predicted octanol–water partition coefficient (Wildman–Crippen LogP) is 3.44. The minimum Gasteiger partial charge on any atom is -0.492 e. The molecule has 0 atom stereocenters. The van der Waals surface area contributed by atoms with Crippen molar-refractivity contribution in [1.82, 2.24) is 4.90 Å². The Labute approximate surface area is 106 Å². The van der Waals surface area contributed by atoms with Crippen LogP contribution < -0.4 is 4.74 Å². The summed E-state index contributed by atoms with van der Waals surface area (Å²) in [5.41, 5.74) is 1.29. The summed E-state index contributed by atoms with van der Waals surface area (Å²) >= 11 is 3.55. The van der Waals surface area contributed by atoms with E-state index in [9.17, 15) is 0 Å². The van der Waals surface area contributed by atoms with Crippen molar-refractivity contribution in [2.24, 2.45) is 0 Å². The number of likely N-dealkylation sites (tertiary alicyclic amines) is 1. The van der Waals surface area contributed by atoms with E-state index in [1.807, 2.05) is 13.0 Å². The fourth-order valence-electron chi connectivity index (χ4n) is 2.17. The maximum atomic E-state index is 5.70. The van der Waals surface area contributed by atoms with Crippen molar-refractivity contribution in [3.8, 4) is 5.75 Å². The fraction of sp³-hybridized carbons (Fsp3) is 0.538. The van der Waals surface area contributed by atoms with Crippen LogP contribution in [0.1, 0.15) is 25.3 Å². The molecule has 0 aromatic heterocycles. The third-order valence-corrected chi connectivity index (χ3v) is 3.55. The van der Waals surface area contributed by atoms with Gasteiger partial charge in [-0.2, -0.15) is 0 Å². The first-order valence-electron chi connectivity index (χ1n) is 5.94. The van der Waals surface area contributed by atoms with Gasteiger partial charge in [-0.15, -0.1) is 0 Å². The zero-order valence-corrected chi connectivity index (χ0v) is 11.3. The van der Waals surface area contributed by atoms with Gasteiger partial charge in [0.1, 0.15) is 5.75 Å². The van der Waals surface area contributed by atoms with Crippen LogP contribution in [0.5, 0.6) is 5.75 Å². The van der Waals surface area contributed by atoms with Gasteiger partial charge in [0.2, 0.25) is 0 Å². The highest BCUT2D eigenvalue weighted by molar-refractivity contribution is 9.10. The number of ether oxygens (including phenoxy) is 1. The fourth-order valence-corrected chi connectivity index (χ4v) is 2.69. The summed E-state index contributed by atoms with van der Waals surface area (Å²) < 4.78 is 6.77. The zero-order valence-electron chi connectivity index (χ0n) is 9.71. The van der Waals surface area contributed by atoms with Crippen LogP contribution in [0.25, 0.3) is 0 Å². The molecule has 88 valence electrons. The Morgan fingerprint density at radius 1 is 1.31 bits per heavy atom. The smallest absolute Gasteiger partial charge is 0.137 e. The van der Waals surface area contributed by atoms with Crippen LogP contribution in [-0.4, -0.2) is 24.6 Å². The molecule has 1 aliphatic rings. The summed E-state index contributed by atoms with van der Waals surface area (Å²) in [5, 5.41) is 0. The SMILES string of the molecule is CCOc1c(Br)cccc1CN1CCCC1. The molecule has 1 fully saturated rings. The van der Waals surface area contributed by atoms with Crippen LogP contribution in [0.15, 0.2) is 22.7 Å². The van der Waals surface area contributed by atoms with Crippen molar-refractivity contribution < 1.29 is 4.74 Å². The molecule has 1 aliphatic heterocycles. The molecule has 2 rings (SSSR count). The summed E-state index contributed by atoms with van der Waals surface area (Å²) in [6.45, 7) is 6.19. The van der Waals surface area contributed by atoms with Gasteiger partial charge < -0.3 is 4.74 Å². The van der Waals surface area contributed by atoms with E-state index in [0.717, 1.165) is 23.4 Å². The lowest BCUT2D eigenvalue weighted by Crippen LogP contribution is -2.19. The first kappa shape index (κ1) is 11.9. The molecular formula is C13H18BrNO. The maximum absolute atomic E-state index is 5.70. The van der Waals surface area contributed by atoms with Crippen LogP contribution in [-0.2, 0) is 6.54 Å². The van der Waals surface area contributed by atoms with Gasteiger partial charge in [0.25, 0.3) is 0 Å². The summed E-state index contributed by atoms with van der Waals surface area (Å²) in [7, 11) is 0. The Hall–Kier alpha value is -0.540. The topological polar surface area (TPSA) is 12.5 Å². The lowest BCUT2D eigenvalue weighted by molar-refractivity contribution is 0.303. The first-order chi connectivity index (χ1) is 7.81. The Balaban J connectivity index is 2.14. The van der Waals surface area contributed by atoms with Crippen molar-refractivity contribution in [3.05, 3.63) is 28.2 Å². The highest BCUT2D eigenvalue weighted by Crippen LogP contribution is 2.30. The quantitative estimate of drug-likeness (QED) is 0.839. The maximum Gasteiger partial charge on any atom is 0.137 e. The van der Waals surface area contributed by atoms with Crippen molar-refractivity contribution in [3.63, 3.8) is 0 Å². The Morgan fingerprint density at radius 2 is 2.06 bits per heavy atom. The second kappa shape index (κ2) is 5.69. The second-order valence-corrected chi connectivity index (χ2v) is 5.00. The van der Waals surface area contributed by atoms with Gasteiger partial charge in [-0.1, -0.05) is 12.1 Å². The van der Waals surface area contributed by atoms with Crippen molar-refractivity contribution in [2.75, 3.05) is 19.7 Å². The lowest BCUT2D eigenvalue weighted by atomic mass is 10.2. The van der Waals surface area contributed by atoms with E-state index >= 15 is 0 Å². The van der Waals surface area contributed by atoms with Gasteiger partial charge >= 0.3 is 0 Å². The molecule has 1 heterocycles. The molecule has 1 aromatic carbocycles. The van der Waals surface area contributed by atoms with E-state index in [-0.39, 0.29) is 0 Å². The molecule has 0 aliphatic carbocycles. The van der Waals surface area contributed by atoms with Gasteiger partial charge in [0.05, 0.1) is 11.1 Å². The van der Waals surface area contributed by atoms with E-state index < -0.39 is 0 Å². The van der Waals surface area contributed by atoms with E-state index in [4.69, 9.17) is 4.74 Å². The number of hydrogen-bond acceptors (Lipinski definition) is 2. The largest absolute Gasteiger partial charge is 0.492 e. The van der Waals surface area contributed by atoms with Crippen LogP contribution in [0.2, 0.25) is 0 Å². The molecule has 0 spiro atoms. The van der Waals surface area contributed by atoms with E-state index in [2.05, 4.69) is 33.0 Å². The monoisotopic (exact) mass is 283 g/mol. The number of nitrogens with zero attached hydrogens (tertiary/aromatic N) is 1. The van der Waals surface area contributed by atoms with Crippen molar-refractivity contribution in [1.29, 1.82) is 0 Å². The summed E-state index contributed by atoms with van der Waals surface area (Å²) in [4.78, 5) is 2.49. The average Bonchev–Trinajstić information content (AvgIpc) is 2.76. The second-order valence-electron chi connectivity index (χ2n) is 4.14. The molecule has 16 heavy (non-hydrogen) atoms. The molecule has 0 saturated carbocycles. The van der Waals surface area contributed by atoms with E-state index in [1.54, 1.807) is 0 Å². The highest BCUT2D eigenvalue weighted by atomic mass is 79.9. The van der Waals surface area contributed by atoms with E-state index in [1.165, 1.54) is 31.5 Å². The molecule has 1 saturated heterocycles. The van der Waals surface area contributed by atoms with Gasteiger partial charge in [-0.25, -0.2) is 0 Å². The highest BCUT2D eigenvalue weighted by Gasteiger charge is 2.15. The summed E-state index contributed by atoms with van der Waals surface area (Å²) in [5.74, 6) is 1.01. The number of halogens is 1. The number of benzene rings is 1. The van der Waals surface area contributed by atoms with E-state index in [0.29, 0.717) is 0 Å². The third-order valence-electron chi connectivity index (χ3n) is 2.93. The Bertz CT molecular complexity index is 348. The van der Waals surface area contributed by atoms with Crippen molar-refractivity contribution >= 4 is 15.9 Å². The van der Waals surface area contributed by atoms with Gasteiger partial charge in [0, 0.05) is 12.1 Å².